The molecule has 2 fully saturated rings. The first-order chi connectivity index (χ1) is 6.61. The smallest absolute Gasteiger partial charge is 0.223 e. The highest BCUT2D eigenvalue weighted by molar-refractivity contribution is 5.81. The Labute approximate surface area is 83.6 Å². The Hall–Kier alpha value is -0.610. The lowest BCUT2D eigenvalue weighted by Crippen LogP contribution is -2.43. The van der Waals surface area contributed by atoms with Crippen molar-refractivity contribution in [2.45, 2.75) is 25.4 Å². The normalized spacial score (nSPS) is 41.0. The summed E-state index contributed by atoms with van der Waals surface area (Å²) in [6.45, 7) is 3.33. The molecule has 0 aromatic carbocycles. The summed E-state index contributed by atoms with van der Waals surface area (Å²) in [5.41, 5.74) is -0.826. The molecule has 1 saturated carbocycles. The van der Waals surface area contributed by atoms with Crippen molar-refractivity contribution in [1.82, 2.24) is 5.32 Å². The molecular formula is C10H17NO3. The molecule has 1 heterocycles. The lowest BCUT2D eigenvalue weighted by Gasteiger charge is -2.20. The van der Waals surface area contributed by atoms with E-state index in [4.69, 9.17) is 4.74 Å². The average Bonchev–Trinajstić information content (AvgIpc) is 2.71. The van der Waals surface area contributed by atoms with Crippen molar-refractivity contribution in [1.29, 1.82) is 0 Å². The molecule has 14 heavy (non-hydrogen) atoms. The number of amides is 1. The Morgan fingerprint density at radius 2 is 2.43 bits per heavy atom. The molecule has 1 saturated heterocycles. The van der Waals surface area contributed by atoms with Gasteiger partial charge in [0.15, 0.2) is 0 Å². The fourth-order valence-corrected chi connectivity index (χ4v) is 1.81. The number of carbonyl (C=O) groups is 1. The van der Waals surface area contributed by atoms with Gasteiger partial charge in [-0.25, -0.2) is 0 Å². The summed E-state index contributed by atoms with van der Waals surface area (Å²) in [5.74, 6) is 0.781. The number of nitrogens with one attached hydrogen (secondary N) is 1. The van der Waals surface area contributed by atoms with E-state index in [1.807, 2.05) is 0 Å². The lowest BCUT2D eigenvalue weighted by molar-refractivity contribution is -0.123. The van der Waals surface area contributed by atoms with Crippen LogP contribution in [-0.2, 0) is 9.53 Å². The fraction of sp³-hybridized carbons (Fsp3) is 0.900. The first kappa shape index (κ1) is 9.93. The second kappa shape index (κ2) is 3.51. The number of carbonyl (C=O) groups excluding carboxylic acids is 1. The maximum absolute atomic E-state index is 11.5. The van der Waals surface area contributed by atoms with Gasteiger partial charge in [0.1, 0.15) is 5.60 Å². The van der Waals surface area contributed by atoms with Gasteiger partial charge in [0.25, 0.3) is 0 Å². The Balaban J connectivity index is 1.73. The van der Waals surface area contributed by atoms with Crippen molar-refractivity contribution in [3.05, 3.63) is 0 Å². The maximum atomic E-state index is 11.5. The van der Waals surface area contributed by atoms with Crippen LogP contribution < -0.4 is 5.32 Å². The van der Waals surface area contributed by atoms with Crippen LogP contribution in [0.15, 0.2) is 0 Å². The third kappa shape index (κ3) is 2.07. The first-order valence-corrected chi connectivity index (χ1v) is 5.19. The number of ether oxygens (including phenoxy) is 1. The monoisotopic (exact) mass is 199 g/mol. The predicted octanol–water partition coefficient (Wildman–Crippen LogP) is -0.0900. The van der Waals surface area contributed by atoms with Gasteiger partial charge in [-0.2, -0.15) is 0 Å². The molecule has 4 nitrogen and oxygen atoms in total. The van der Waals surface area contributed by atoms with Gasteiger partial charge >= 0.3 is 0 Å². The van der Waals surface area contributed by atoms with Gasteiger partial charge in [-0.15, -0.1) is 0 Å². The van der Waals surface area contributed by atoms with Gasteiger partial charge in [0.2, 0.25) is 5.91 Å². The predicted molar refractivity (Wildman–Crippen MR) is 50.7 cm³/mol. The zero-order valence-corrected chi connectivity index (χ0v) is 8.45. The van der Waals surface area contributed by atoms with Crippen LogP contribution in [0.5, 0.6) is 0 Å². The Bertz CT molecular complexity index is 236. The number of rotatable bonds is 3. The highest BCUT2D eigenvalue weighted by Gasteiger charge is 2.40. The molecule has 0 aromatic heterocycles. The van der Waals surface area contributed by atoms with Crippen LogP contribution in [0.2, 0.25) is 0 Å². The molecular weight excluding hydrogens is 182 g/mol. The molecule has 3 atom stereocenters. The molecule has 2 aliphatic rings. The minimum atomic E-state index is -0.826. The SMILES string of the molecule is CC1CC1C(=O)NCC1(O)CCOC1. The minimum absolute atomic E-state index is 0.0813. The van der Waals surface area contributed by atoms with Crippen molar-refractivity contribution < 1.29 is 14.6 Å². The van der Waals surface area contributed by atoms with E-state index in [0.717, 1.165) is 6.42 Å². The molecule has 80 valence electrons. The minimum Gasteiger partial charge on any atom is -0.386 e. The van der Waals surface area contributed by atoms with E-state index in [2.05, 4.69) is 12.2 Å². The van der Waals surface area contributed by atoms with Crippen molar-refractivity contribution in [2.75, 3.05) is 19.8 Å². The van der Waals surface area contributed by atoms with Gasteiger partial charge in [0.05, 0.1) is 6.61 Å². The van der Waals surface area contributed by atoms with E-state index in [0.29, 0.717) is 32.1 Å². The molecule has 0 bridgehead atoms. The zero-order valence-electron chi connectivity index (χ0n) is 8.45. The fourth-order valence-electron chi connectivity index (χ4n) is 1.81. The summed E-state index contributed by atoms with van der Waals surface area (Å²) >= 11 is 0. The van der Waals surface area contributed by atoms with Gasteiger partial charge in [-0.1, -0.05) is 6.92 Å². The Morgan fingerprint density at radius 1 is 1.71 bits per heavy atom. The highest BCUT2D eigenvalue weighted by atomic mass is 16.5. The van der Waals surface area contributed by atoms with Crippen molar-refractivity contribution >= 4 is 5.91 Å². The lowest BCUT2D eigenvalue weighted by atomic mass is 10.0. The summed E-state index contributed by atoms with van der Waals surface area (Å²) in [7, 11) is 0. The number of hydrogen-bond acceptors (Lipinski definition) is 3. The summed E-state index contributed by atoms with van der Waals surface area (Å²) in [5, 5.41) is 12.7. The highest BCUT2D eigenvalue weighted by Crippen LogP contribution is 2.37. The molecule has 3 unspecified atom stereocenters. The van der Waals surface area contributed by atoms with Crippen LogP contribution in [0.3, 0.4) is 0 Å². The van der Waals surface area contributed by atoms with Gasteiger partial charge in [0, 0.05) is 25.5 Å². The van der Waals surface area contributed by atoms with Crippen LogP contribution in [-0.4, -0.2) is 36.4 Å². The quantitative estimate of drug-likeness (QED) is 0.668. The summed E-state index contributed by atoms with van der Waals surface area (Å²) in [6, 6.07) is 0. The molecule has 0 radical (unpaired) electrons. The van der Waals surface area contributed by atoms with Crippen LogP contribution in [0.25, 0.3) is 0 Å². The molecule has 4 heteroatoms. The largest absolute Gasteiger partial charge is 0.386 e. The third-order valence-corrected chi connectivity index (χ3v) is 3.12. The first-order valence-electron chi connectivity index (χ1n) is 5.19. The standard InChI is InChI=1S/C10H17NO3/c1-7-4-8(7)9(12)11-5-10(13)2-3-14-6-10/h7-8,13H,2-6H2,1H3,(H,11,12). The van der Waals surface area contributed by atoms with E-state index in [1.54, 1.807) is 0 Å². The van der Waals surface area contributed by atoms with Crippen LogP contribution in [0.1, 0.15) is 19.8 Å². The molecule has 1 aliphatic heterocycles. The van der Waals surface area contributed by atoms with Crippen molar-refractivity contribution in [2.24, 2.45) is 11.8 Å². The van der Waals surface area contributed by atoms with Crippen molar-refractivity contribution in [3.63, 3.8) is 0 Å². The molecule has 1 amide bonds. The topological polar surface area (TPSA) is 58.6 Å². The average molecular weight is 199 g/mol. The number of aliphatic hydroxyl groups is 1. The van der Waals surface area contributed by atoms with Crippen LogP contribution in [0, 0.1) is 11.8 Å². The van der Waals surface area contributed by atoms with E-state index >= 15 is 0 Å². The summed E-state index contributed by atoms with van der Waals surface area (Å²) < 4.78 is 5.09. The van der Waals surface area contributed by atoms with Gasteiger partial charge in [-0.05, 0) is 12.3 Å². The maximum Gasteiger partial charge on any atom is 0.223 e. The number of hydrogen-bond donors (Lipinski definition) is 2. The Morgan fingerprint density at radius 3 is 2.93 bits per heavy atom. The molecule has 0 aromatic rings. The second-order valence-electron chi connectivity index (χ2n) is 4.56. The summed E-state index contributed by atoms with van der Waals surface area (Å²) in [4.78, 5) is 11.5. The van der Waals surface area contributed by atoms with Gasteiger partial charge in [-0.3, -0.25) is 4.79 Å². The van der Waals surface area contributed by atoms with E-state index in [-0.39, 0.29) is 11.8 Å². The third-order valence-electron chi connectivity index (χ3n) is 3.12. The Kier molecular flexibility index (Phi) is 2.49. The molecule has 1 aliphatic carbocycles. The van der Waals surface area contributed by atoms with Crippen LogP contribution in [0.4, 0.5) is 0 Å². The van der Waals surface area contributed by atoms with Crippen molar-refractivity contribution in [3.8, 4) is 0 Å². The second-order valence-corrected chi connectivity index (χ2v) is 4.56. The summed E-state index contributed by atoms with van der Waals surface area (Å²) in [6.07, 6.45) is 1.61. The van der Waals surface area contributed by atoms with Gasteiger partial charge < -0.3 is 15.2 Å². The molecule has 0 spiro atoms. The molecule has 2 rings (SSSR count). The van der Waals surface area contributed by atoms with E-state index in [9.17, 15) is 9.90 Å². The van der Waals surface area contributed by atoms with Crippen LogP contribution >= 0.6 is 0 Å². The molecule has 2 N–H and O–H groups in total. The zero-order chi connectivity index (χ0) is 10.2. The van der Waals surface area contributed by atoms with E-state index < -0.39 is 5.60 Å². The van der Waals surface area contributed by atoms with E-state index in [1.165, 1.54) is 0 Å².